The Morgan fingerprint density at radius 2 is 2.16 bits per heavy atom. The van der Waals surface area contributed by atoms with Crippen LogP contribution in [-0.2, 0) is 6.42 Å². The van der Waals surface area contributed by atoms with Crippen LogP contribution in [0.5, 0.6) is 0 Å². The summed E-state index contributed by atoms with van der Waals surface area (Å²) in [6.45, 7) is 0.528. The van der Waals surface area contributed by atoms with Gasteiger partial charge in [-0.05, 0) is 18.6 Å². The molecule has 0 saturated heterocycles. The Labute approximate surface area is 113 Å². The quantitative estimate of drug-likeness (QED) is 0.699. The summed E-state index contributed by atoms with van der Waals surface area (Å²) in [6, 6.07) is 2.96. The number of carbonyl (C=O) groups excluding carboxylic acids is 1. The van der Waals surface area contributed by atoms with Crippen molar-refractivity contribution in [2.75, 3.05) is 6.54 Å². The molecule has 2 rings (SSSR count). The van der Waals surface area contributed by atoms with Crippen LogP contribution in [0, 0.1) is 0 Å². The molecular formula is C12H13N3O3S. The fourth-order valence-corrected chi connectivity index (χ4v) is 2.32. The Bertz CT molecular complexity index is 563. The van der Waals surface area contributed by atoms with Crippen LogP contribution in [0.25, 0.3) is 0 Å². The Morgan fingerprint density at radius 3 is 2.79 bits per heavy atom. The van der Waals surface area contributed by atoms with Gasteiger partial charge in [0.2, 0.25) is 0 Å². The van der Waals surface area contributed by atoms with Gasteiger partial charge in [0.1, 0.15) is 10.7 Å². The van der Waals surface area contributed by atoms with Crippen molar-refractivity contribution in [3.63, 3.8) is 0 Å². The molecule has 0 fully saturated rings. The van der Waals surface area contributed by atoms with Gasteiger partial charge in [0.15, 0.2) is 0 Å². The van der Waals surface area contributed by atoms with Gasteiger partial charge in [-0.15, -0.1) is 11.3 Å². The van der Waals surface area contributed by atoms with Crippen molar-refractivity contribution >= 4 is 23.2 Å². The minimum atomic E-state index is -1.01. The lowest BCUT2D eigenvalue weighted by Gasteiger charge is -2.02. The number of aromatic amines is 1. The first-order chi connectivity index (χ1) is 9.16. The topological polar surface area (TPSA) is 95.1 Å². The summed E-state index contributed by atoms with van der Waals surface area (Å²) in [5, 5.41) is 11.5. The highest BCUT2D eigenvalue weighted by Gasteiger charge is 2.12. The van der Waals surface area contributed by atoms with E-state index in [-0.39, 0.29) is 10.8 Å². The van der Waals surface area contributed by atoms with Crippen molar-refractivity contribution in [3.8, 4) is 0 Å². The number of H-pyrrole nitrogens is 1. The monoisotopic (exact) mass is 279 g/mol. The predicted octanol–water partition coefficient (Wildman–Crippen LogP) is 1.53. The van der Waals surface area contributed by atoms with Crippen molar-refractivity contribution < 1.29 is 14.7 Å². The smallest absolute Gasteiger partial charge is 0.345 e. The summed E-state index contributed by atoms with van der Waals surface area (Å²) >= 11 is 0.975. The number of carboxylic acids is 1. The van der Waals surface area contributed by atoms with Crippen LogP contribution in [0.2, 0.25) is 0 Å². The summed E-state index contributed by atoms with van der Waals surface area (Å²) in [5.41, 5.74) is 0. The SMILES string of the molecule is O=C(O)c1ccc(C(=O)NCCCc2ncc[nH]2)s1. The van der Waals surface area contributed by atoms with E-state index in [9.17, 15) is 9.59 Å². The highest BCUT2D eigenvalue weighted by Crippen LogP contribution is 2.16. The maximum atomic E-state index is 11.7. The van der Waals surface area contributed by atoms with Gasteiger partial charge < -0.3 is 15.4 Å². The van der Waals surface area contributed by atoms with Gasteiger partial charge >= 0.3 is 5.97 Å². The number of hydrogen-bond donors (Lipinski definition) is 3. The van der Waals surface area contributed by atoms with Gasteiger partial charge in [0.05, 0.1) is 4.88 Å². The van der Waals surface area contributed by atoms with Crippen LogP contribution in [-0.4, -0.2) is 33.5 Å². The van der Waals surface area contributed by atoms with E-state index in [0.717, 1.165) is 30.0 Å². The summed E-state index contributed by atoms with van der Waals surface area (Å²) in [7, 11) is 0. The van der Waals surface area contributed by atoms with Crippen molar-refractivity contribution in [1.29, 1.82) is 0 Å². The summed E-state index contributed by atoms with van der Waals surface area (Å²) in [5.74, 6) is -0.364. The Balaban J connectivity index is 1.76. The van der Waals surface area contributed by atoms with Gasteiger partial charge in [0, 0.05) is 25.4 Å². The molecule has 6 nitrogen and oxygen atoms in total. The van der Waals surface area contributed by atoms with Crippen LogP contribution in [0.4, 0.5) is 0 Å². The Morgan fingerprint density at radius 1 is 1.37 bits per heavy atom. The third-order valence-electron chi connectivity index (χ3n) is 2.47. The molecule has 2 aromatic rings. The normalized spacial score (nSPS) is 10.3. The average molecular weight is 279 g/mol. The van der Waals surface area contributed by atoms with E-state index in [0.29, 0.717) is 11.4 Å². The molecule has 7 heteroatoms. The van der Waals surface area contributed by atoms with Crippen LogP contribution < -0.4 is 5.32 Å². The molecule has 0 radical (unpaired) electrons. The largest absolute Gasteiger partial charge is 0.477 e. The molecule has 0 aromatic carbocycles. The zero-order chi connectivity index (χ0) is 13.7. The molecule has 0 saturated carbocycles. The van der Waals surface area contributed by atoms with Crippen molar-refractivity contribution in [3.05, 3.63) is 40.1 Å². The first kappa shape index (κ1) is 13.3. The lowest BCUT2D eigenvalue weighted by atomic mass is 10.3. The second-order valence-electron chi connectivity index (χ2n) is 3.86. The molecule has 0 aliphatic carbocycles. The highest BCUT2D eigenvalue weighted by atomic mass is 32.1. The molecule has 19 heavy (non-hydrogen) atoms. The summed E-state index contributed by atoms with van der Waals surface area (Å²) < 4.78 is 0. The number of amides is 1. The number of aryl methyl sites for hydroxylation is 1. The highest BCUT2D eigenvalue weighted by molar-refractivity contribution is 7.15. The third-order valence-corrected chi connectivity index (χ3v) is 3.54. The number of imidazole rings is 1. The van der Waals surface area contributed by atoms with Gasteiger partial charge in [-0.2, -0.15) is 0 Å². The molecule has 0 aliphatic rings. The lowest BCUT2D eigenvalue weighted by molar-refractivity contribution is 0.0702. The fraction of sp³-hybridized carbons (Fsp3) is 0.250. The van der Waals surface area contributed by atoms with Crippen LogP contribution in [0.1, 0.15) is 31.6 Å². The fourth-order valence-electron chi connectivity index (χ4n) is 1.55. The molecule has 100 valence electrons. The van der Waals surface area contributed by atoms with E-state index in [1.807, 2.05) is 0 Å². The van der Waals surface area contributed by atoms with Gasteiger partial charge in [0.25, 0.3) is 5.91 Å². The van der Waals surface area contributed by atoms with Gasteiger partial charge in [-0.1, -0.05) is 0 Å². The van der Waals surface area contributed by atoms with E-state index in [4.69, 9.17) is 5.11 Å². The number of carbonyl (C=O) groups is 2. The van der Waals surface area contributed by atoms with Crippen LogP contribution in [0.15, 0.2) is 24.5 Å². The molecule has 1 amide bonds. The third kappa shape index (κ3) is 3.65. The van der Waals surface area contributed by atoms with E-state index in [1.54, 1.807) is 12.4 Å². The Hall–Kier alpha value is -2.15. The molecule has 3 N–H and O–H groups in total. The molecule has 0 bridgehead atoms. The first-order valence-corrected chi connectivity index (χ1v) is 6.58. The van der Waals surface area contributed by atoms with Crippen molar-refractivity contribution in [2.45, 2.75) is 12.8 Å². The molecular weight excluding hydrogens is 266 g/mol. The van der Waals surface area contributed by atoms with Crippen LogP contribution in [0.3, 0.4) is 0 Å². The summed E-state index contributed by atoms with van der Waals surface area (Å²) in [4.78, 5) is 30.1. The maximum Gasteiger partial charge on any atom is 0.345 e. The van der Waals surface area contributed by atoms with E-state index in [1.165, 1.54) is 12.1 Å². The molecule has 2 heterocycles. The minimum Gasteiger partial charge on any atom is -0.477 e. The molecule has 0 atom stereocenters. The average Bonchev–Trinajstić information content (AvgIpc) is 3.05. The zero-order valence-electron chi connectivity index (χ0n) is 10.0. The second-order valence-corrected chi connectivity index (χ2v) is 4.95. The molecule has 0 unspecified atom stereocenters. The van der Waals surface area contributed by atoms with E-state index >= 15 is 0 Å². The van der Waals surface area contributed by atoms with Gasteiger partial charge in [-0.25, -0.2) is 9.78 Å². The first-order valence-electron chi connectivity index (χ1n) is 5.76. The molecule has 0 spiro atoms. The number of aromatic nitrogens is 2. The number of thiophene rings is 1. The minimum absolute atomic E-state index is 0.167. The molecule has 2 aromatic heterocycles. The van der Waals surface area contributed by atoms with Crippen molar-refractivity contribution in [2.24, 2.45) is 0 Å². The zero-order valence-corrected chi connectivity index (χ0v) is 10.9. The molecule has 0 aliphatic heterocycles. The number of hydrogen-bond acceptors (Lipinski definition) is 4. The Kier molecular flexibility index (Phi) is 4.30. The van der Waals surface area contributed by atoms with Crippen LogP contribution >= 0.6 is 11.3 Å². The lowest BCUT2D eigenvalue weighted by Crippen LogP contribution is -2.23. The standard InChI is InChI=1S/C12H13N3O3S/c16-11(8-3-4-9(19-8)12(17)18)15-5-1-2-10-13-6-7-14-10/h3-4,6-7H,1-2,5H2,(H,13,14)(H,15,16)(H,17,18). The number of nitrogens with zero attached hydrogens (tertiary/aromatic N) is 1. The predicted molar refractivity (Wildman–Crippen MR) is 70.5 cm³/mol. The summed E-state index contributed by atoms with van der Waals surface area (Å²) in [6.07, 6.45) is 4.98. The number of rotatable bonds is 6. The van der Waals surface area contributed by atoms with E-state index in [2.05, 4.69) is 15.3 Å². The van der Waals surface area contributed by atoms with E-state index < -0.39 is 5.97 Å². The van der Waals surface area contributed by atoms with Crippen molar-refractivity contribution in [1.82, 2.24) is 15.3 Å². The van der Waals surface area contributed by atoms with Gasteiger partial charge in [-0.3, -0.25) is 4.79 Å². The maximum absolute atomic E-state index is 11.7. The second kappa shape index (κ2) is 6.14. The number of aromatic carboxylic acids is 1. The number of nitrogens with one attached hydrogen (secondary N) is 2. The number of carboxylic acid groups (broad SMARTS) is 1.